The molecule has 0 spiro atoms. The summed E-state index contributed by atoms with van der Waals surface area (Å²) in [5, 5.41) is 2.79. The molecule has 0 saturated carbocycles. The predicted molar refractivity (Wildman–Crippen MR) is 107 cm³/mol. The molecular weight excluding hydrogens is 380 g/mol. The van der Waals surface area contributed by atoms with Crippen molar-refractivity contribution in [1.29, 1.82) is 0 Å². The van der Waals surface area contributed by atoms with Crippen LogP contribution >= 0.6 is 0 Å². The maximum atomic E-state index is 12.4. The molecule has 0 aliphatic carbocycles. The largest absolute Gasteiger partial charge is 0.449 e. The topological polar surface area (TPSA) is 102 Å². The van der Waals surface area contributed by atoms with Gasteiger partial charge in [0.1, 0.15) is 0 Å². The van der Waals surface area contributed by atoms with E-state index in [1.165, 1.54) is 38.2 Å². The summed E-state index contributed by atoms with van der Waals surface area (Å²) in [5.74, 6) is -1.25. The van der Waals surface area contributed by atoms with Crippen LogP contribution in [0.15, 0.2) is 41.3 Å². The summed E-state index contributed by atoms with van der Waals surface area (Å²) in [6, 6.07) is 9.33. The van der Waals surface area contributed by atoms with Crippen molar-refractivity contribution in [3.05, 3.63) is 58.7 Å². The Bertz CT molecular complexity index is 992. The standard InChI is InChI=1S/C20H24N2O5S/c1-12-9-13(2)18(14(3)10-12)22-19(23)15(4)27-20(24)16-7-6-8-17(11-16)28(25,26)21-5/h6-11,15,21H,1-5H3,(H,22,23). The van der Waals surface area contributed by atoms with Gasteiger partial charge in [-0.15, -0.1) is 0 Å². The minimum atomic E-state index is -3.69. The minimum Gasteiger partial charge on any atom is -0.449 e. The number of sulfonamides is 1. The van der Waals surface area contributed by atoms with Crippen LogP contribution in [0.2, 0.25) is 0 Å². The van der Waals surface area contributed by atoms with Gasteiger partial charge >= 0.3 is 5.97 Å². The molecule has 0 fully saturated rings. The fourth-order valence-electron chi connectivity index (χ4n) is 2.79. The number of aryl methyl sites for hydroxylation is 3. The van der Waals surface area contributed by atoms with Crippen molar-refractivity contribution < 1.29 is 22.7 Å². The summed E-state index contributed by atoms with van der Waals surface area (Å²) >= 11 is 0. The van der Waals surface area contributed by atoms with E-state index in [0.29, 0.717) is 5.69 Å². The molecule has 1 atom stereocenters. The lowest BCUT2D eigenvalue weighted by Crippen LogP contribution is -2.30. The van der Waals surface area contributed by atoms with Gasteiger partial charge in [0.2, 0.25) is 10.0 Å². The SMILES string of the molecule is CNS(=O)(=O)c1cccc(C(=O)OC(C)C(=O)Nc2c(C)cc(C)cc2C)c1. The molecule has 28 heavy (non-hydrogen) atoms. The van der Waals surface area contributed by atoms with Gasteiger partial charge in [-0.05, 0) is 64.1 Å². The second kappa shape index (κ2) is 8.53. The summed E-state index contributed by atoms with van der Waals surface area (Å²) < 4.78 is 31.1. The molecule has 0 bridgehead atoms. The van der Waals surface area contributed by atoms with Gasteiger partial charge in [-0.2, -0.15) is 0 Å². The van der Waals surface area contributed by atoms with E-state index in [-0.39, 0.29) is 10.5 Å². The lowest BCUT2D eigenvalue weighted by atomic mass is 10.0. The van der Waals surface area contributed by atoms with Crippen molar-refractivity contribution in [1.82, 2.24) is 4.72 Å². The molecule has 2 rings (SSSR count). The van der Waals surface area contributed by atoms with Gasteiger partial charge < -0.3 is 10.1 Å². The summed E-state index contributed by atoms with van der Waals surface area (Å²) in [7, 11) is -2.41. The second-order valence-electron chi connectivity index (χ2n) is 6.55. The van der Waals surface area contributed by atoms with Crippen LogP contribution < -0.4 is 10.0 Å². The molecule has 2 aromatic rings. The monoisotopic (exact) mass is 404 g/mol. The highest BCUT2D eigenvalue weighted by atomic mass is 32.2. The Morgan fingerprint density at radius 1 is 1.04 bits per heavy atom. The molecule has 0 heterocycles. The Kier molecular flexibility index (Phi) is 6.58. The third-order valence-corrected chi connectivity index (χ3v) is 5.64. The number of benzene rings is 2. The first-order chi connectivity index (χ1) is 13.0. The van der Waals surface area contributed by atoms with Crippen molar-refractivity contribution in [3.63, 3.8) is 0 Å². The number of hydrogen-bond acceptors (Lipinski definition) is 5. The molecule has 0 saturated heterocycles. The smallest absolute Gasteiger partial charge is 0.338 e. The maximum absolute atomic E-state index is 12.4. The number of hydrogen-bond donors (Lipinski definition) is 2. The van der Waals surface area contributed by atoms with Gasteiger partial charge in [0, 0.05) is 5.69 Å². The zero-order chi connectivity index (χ0) is 21.1. The van der Waals surface area contributed by atoms with Crippen molar-refractivity contribution >= 4 is 27.6 Å². The number of ether oxygens (including phenoxy) is 1. The number of nitrogens with one attached hydrogen (secondary N) is 2. The van der Waals surface area contributed by atoms with Crippen molar-refractivity contribution in [2.24, 2.45) is 0 Å². The molecule has 1 unspecified atom stereocenters. The Balaban J connectivity index is 2.13. The number of carbonyl (C=O) groups is 2. The lowest BCUT2D eigenvalue weighted by molar-refractivity contribution is -0.123. The first-order valence-corrected chi connectivity index (χ1v) is 10.2. The van der Waals surface area contributed by atoms with E-state index in [1.807, 2.05) is 32.9 Å². The predicted octanol–water partition coefficient (Wildman–Crippen LogP) is 2.70. The number of anilines is 1. The zero-order valence-corrected chi connectivity index (χ0v) is 17.3. The number of amides is 1. The average Bonchev–Trinajstić information content (AvgIpc) is 2.64. The Hall–Kier alpha value is -2.71. The van der Waals surface area contributed by atoms with Gasteiger partial charge in [-0.1, -0.05) is 23.8 Å². The summed E-state index contributed by atoms with van der Waals surface area (Å²) in [5.41, 5.74) is 3.63. The van der Waals surface area contributed by atoms with Crippen LogP contribution in [0.4, 0.5) is 5.69 Å². The van der Waals surface area contributed by atoms with E-state index in [2.05, 4.69) is 10.0 Å². The van der Waals surface area contributed by atoms with E-state index in [1.54, 1.807) is 0 Å². The minimum absolute atomic E-state index is 0.0404. The third kappa shape index (κ3) is 4.96. The van der Waals surface area contributed by atoms with Crippen LogP contribution in [0, 0.1) is 20.8 Å². The molecule has 150 valence electrons. The first-order valence-electron chi connectivity index (χ1n) is 8.68. The molecular formula is C20H24N2O5S. The highest BCUT2D eigenvalue weighted by Gasteiger charge is 2.21. The summed E-state index contributed by atoms with van der Waals surface area (Å²) in [6.45, 7) is 7.21. The van der Waals surface area contributed by atoms with Gasteiger partial charge in [-0.25, -0.2) is 17.9 Å². The Morgan fingerprint density at radius 2 is 1.64 bits per heavy atom. The first kappa shape index (κ1) is 21.6. The molecule has 0 radical (unpaired) electrons. The van der Waals surface area contributed by atoms with Crippen LogP contribution in [0.25, 0.3) is 0 Å². The molecule has 0 aliphatic rings. The van der Waals surface area contributed by atoms with E-state index in [0.717, 1.165) is 16.7 Å². The zero-order valence-electron chi connectivity index (χ0n) is 16.5. The molecule has 2 aromatic carbocycles. The van der Waals surface area contributed by atoms with Crippen LogP contribution in [0.3, 0.4) is 0 Å². The maximum Gasteiger partial charge on any atom is 0.338 e. The van der Waals surface area contributed by atoms with E-state index in [4.69, 9.17) is 4.74 Å². The highest BCUT2D eigenvalue weighted by Crippen LogP contribution is 2.22. The van der Waals surface area contributed by atoms with E-state index < -0.39 is 28.0 Å². The number of esters is 1. The number of carbonyl (C=O) groups excluding carboxylic acids is 2. The van der Waals surface area contributed by atoms with Gasteiger partial charge in [-0.3, -0.25) is 4.79 Å². The van der Waals surface area contributed by atoms with Crippen molar-refractivity contribution in [2.45, 2.75) is 38.7 Å². The Morgan fingerprint density at radius 3 is 2.21 bits per heavy atom. The van der Waals surface area contributed by atoms with Gasteiger partial charge in [0.05, 0.1) is 10.5 Å². The van der Waals surface area contributed by atoms with Crippen LogP contribution in [-0.4, -0.2) is 33.4 Å². The summed E-state index contributed by atoms with van der Waals surface area (Å²) in [6.07, 6.45) is -1.06. The van der Waals surface area contributed by atoms with Crippen molar-refractivity contribution in [3.8, 4) is 0 Å². The third-order valence-electron chi connectivity index (χ3n) is 4.23. The molecule has 7 nitrogen and oxygen atoms in total. The normalized spacial score (nSPS) is 12.3. The van der Waals surface area contributed by atoms with Gasteiger partial charge in [0.15, 0.2) is 6.10 Å². The average molecular weight is 404 g/mol. The number of rotatable bonds is 6. The quantitative estimate of drug-likeness (QED) is 0.721. The van der Waals surface area contributed by atoms with Crippen molar-refractivity contribution in [2.75, 3.05) is 12.4 Å². The molecule has 0 aromatic heterocycles. The molecule has 1 amide bonds. The summed E-state index contributed by atoms with van der Waals surface area (Å²) in [4.78, 5) is 24.7. The molecule has 0 aliphatic heterocycles. The fraction of sp³-hybridized carbons (Fsp3) is 0.300. The Labute approximate surface area is 165 Å². The fourth-order valence-corrected chi connectivity index (χ4v) is 3.57. The van der Waals surface area contributed by atoms with E-state index >= 15 is 0 Å². The molecule has 8 heteroatoms. The van der Waals surface area contributed by atoms with Crippen LogP contribution in [-0.2, 0) is 19.6 Å². The highest BCUT2D eigenvalue weighted by molar-refractivity contribution is 7.89. The van der Waals surface area contributed by atoms with E-state index in [9.17, 15) is 18.0 Å². The van der Waals surface area contributed by atoms with Gasteiger partial charge in [0.25, 0.3) is 5.91 Å². The van der Waals surface area contributed by atoms with Crippen LogP contribution in [0.5, 0.6) is 0 Å². The lowest BCUT2D eigenvalue weighted by Gasteiger charge is -2.17. The van der Waals surface area contributed by atoms with Crippen LogP contribution in [0.1, 0.15) is 34.0 Å². The molecule has 2 N–H and O–H groups in total. The second-order valence-corrected chi connectivity index (χ2v) is 8.43.